The number of hydrogen-bond donors (Lipinski definition) is 0. The molecule has 0 aromatic rings. The van der Waals surface area contributed by atoms with Crippen molar-refractivity contribution in [2.24, 2.45) is 0 Å². The predicted molar refractivity (Wildman–Crippen MR) is 51.2 cm³/mol. The third-order valence-electron chi connectivity index (χ3n) is 2.44. The molecule has 1 aliphatic heterocycles. The number of ether oxygens (including phenoxy) is 3. The fraction of sp³-hybridized carbons (Fsp3) is 0.800. The lowest BCUT2D eigenvalue weighted by Gasteiger charge is -2.11. The lowest BCUT2D eigenvalue weighted by Crippen LogP contribution is -2.18. The molecule has 0 unspecified atom stereocenters. The summed E-state index contributed by atoms with van der Waals surface area (Å²) in [5, 5.41) is 0. The molecule has 2 atom stereocenters. The van der Waals surface area contributed by atoms with Crippen molar-refractivity contribution in [3.05, 3.63) is 0 Å². The van der Waals surface area contributed by atoms with E-state index in [0.717, 1.165) is 12.8 Å². The van der Waals surface area contributed by atoms with Crippen LogP contribution in [0.25, 0.3) is 0 Å². The van der Waals surface area contributed by atoms with Crippen LogP contribution in [0.5, 0.6) is 0 Å². The number of carbonyl (C=O) groups is 2. The molecule has 1 heterocycles. The first-order chi connectivity index (χ1) is 7.15. The predicted octanol–water partition coefficient (Wildman–Crippen LogP) is 0.660. The minimum absolute atomic E-state index is 0.118. The van der Waals surface area contributed by atoms with E-state index in [1.165, 1.54) is 14.2 Å². The molecule has 1 rings (SSSR count). The highest BCUT2D eigenvalue weighted by Gasteiger charge is 2.29. The first kappa shape index (κ1) is 12.0. The highest BCUT2D eigenvalue weighted by atomic mass is 16.5. The van der Waals surface area contributed by atoms with Crippen LogP contribution in [0.1, 0.15) is 25.7 Å². The number of rotatable bonds is 4. The van der Waals surface area contributed by atoms with E-state index in [-0.39, 0.29) is 37.0 Å². The van der Waals surface area contributed by atoms with E-state index < -0.39 is 0 Å². The maximum atomic E-state index is 11.0. The molecule has 0 bridgehead atoms. The monoisotopic (exact) mass is 216 g/mol. The Bertz CT molecular complexity index is 214. The molecule has 5 heteroatoms. The summed E-state index contributed by atoms with van der Waals surface area (Å²) in [5.41, 5.74) is 0. The zero-order valence-electron chi connectivity index (χ0n) is 9.02. The van der Waals surface area contributed by atoms with Gasteiger partial charge in [0.15, 0.2) is 0 Å². The van der Waals surface area contributed by atoms with Crippen LogP contribution < -0.4 is 0 Å². The van der Waals surface area contributed by atoms with Gasteiger partial charge < -0.3 is 14.2 Å². The average molecular weight is 216 g/mol. The van der Waals surface area contributed by atoms with Gasteiger partial charge in [-0.05, 0) is 12.8 Å². The Balaban J connectivity index is 2.26. The summed E-state index contributed by atoms with van der Waals surface area (Å²) in [5.74, 6) is -0.558. The van der Waals surface area contributed by atoms with Crippen LogP contribution in [0.4, 0.5) is 0 Å². The Morgan fingerprint density at radius 1 is 1.07 bits per heavy atom. The van der Waals surface area contributed by atoms with Gasteiger partial charge in [0.2, 0.25) is 0 Å². The molecule has 1 saturated heterocycles. The minimum Gasteiger partial charge on any atom is -0.469 e. The summed E-state index contributed by atoms with van der Waals surface area (Å²) in [6, 6.07) is 0. The van der Waals surface area contributed by atoms with Gasteiger partial charge in [-0.2, -0.15) is 0 Å². The van der Waals surface area contributed by atoms with Gasteiger partial charge in [0, 0.05) is 0 Å². The average Bonchev–Trinajstić information content (AvgIpc) is 2.65. The van der Waals surface area contributed by atoms with Crippen LogP contribution >= 0.6 is 0 Å². The maximum absolute atomic E-state index is 11.0. The normalized spacial score (nSPS) is 24.9. The van der Waals surface area contributed by atoms with Crippen molar-refractivity contribution in [1.82, 2.24) is 0 Å². The van der Waals surface area contributed by atoms with E-state index in [0.29, 0.717) is 0 Å². The van der Waals surface area contributed by atoms with Crippen molar-refractivity contribution in [1.29, 1.82) is 0 Å². The summed E-state index contributed by atoms with van der Waals surface area (Å²) in [6.45, 7) is 0. The smallest absolute Gasteiger partial charge is 0.308 e. The van der Waals surface area contributed by atoms with E-state index in [2.05, 4.69) is 9.47 Å². The molecular formula is C10H16O5. The second-order valence-corrected chi connectivity index (χ2v) is 3.52. The summed E-state index contributed by atoms with van der Waals surface area (Å²) in [6.07, 6.45) is 1.86. The largest absolute Gasteiger partial charge is 0.469 e. The molecule has 1 aliphatic rings. The maximum Gasteiger partial charge on any atom is 0.308 e. The van der Waals surface area contributed by atoms with Crippen LogP contribution in [0, 0.1) is 0 Å². The minimum atomic E-state index is -0.279. The Hall–Kier alpha value is -1.10. The third kappa shape index (κ3) is 3.87. The van der Waals surface area contributed by atoms with Crippen LogP contribution in [0.15, 0.2) is 0 Å². The second kappa shape index (κ2) is 5.70. The first-order valence-electron chi connectivity index (χ1n) is 4.94. The molecular weight excluding hydrogens is 200 g/mol. The van der Waals surface area contributed by atoms with Crippen molar-refractivity contribution >= 4 is 11.9 Å². The van der Waals surface area contributed by atoms with Crippen LogP contribution in [0.2, 0.25) is 0 Å². The van der Waals surface area contributed by atoms with Gasteiger partial charge in [0.25, 0.3) is 0 Å². The Kier molecular flexibility index (Phi) is 4.55. The van der Waals surface area contributed by atoms with E-state index >= 15 is 0 Å². The van der Waals surface area contributed by atoms with Crippen molar-refractivity contribution in [2.45, 2.75) is 37.9 Å². The van der Waals surface area contributed by atoms with Crippen molar-refractivity contribution in [3.8, 4) is 0 Å². The highest BCUT2D eigenvalue weighted by molar-refractivity contribution is 5.70. The summed E-state index contributed by atoms with van der Waals surface area (Å²) in [7, 11) is 2.70. The molecule has 0 spiro atoms. The van der Waals surface area contributed by atoms with E-state index in [9.17, 15) is 9.59 Å². The molecule has 15 heavy (non-hydrogen) atoms. The Morgan fingerprint density at radius 3 is 1.80 bits per heavy atom. The van der Waals surface area contributed by atoms with Crippen LogP contribution in [-0.2, 0) is 23.8 Å². The van der Waals surface area contributed by atoms with Crippen LogP contribution in [0.3, 0.4) is 0 Å². The van der Waals surface area contributed by atoms with Gasteiger partial charge in [-0.25, -0.2) is 0 Å². The van der Waals surface area contributed by atoms with Crippen LogP contribution in [-0.4, -0.2) is 38.4 Å². The lowest BCUT2D eigenvalue weighted by molar-refractivity contribution is -0.145. The number of methoxy groups -OCH3 is 2. The standard InChI is InChI=1S/C10H16O5/c1-13-9(11)5-7-3-4-8(15-7)6-10(12)14-2/h7-8H,3-6H2,1-2H3/t7-,8+. The fourth-order valence-electron chi connectivity index (χ4n) is 1.62. The van der Waals surface area contributed by atoms with Crippen molar-refractivity contribution in [2.75, 3.05) is 14.2 Å². The summed E-state index contributed by atoms with van der Waals surface area (Å²) < 4.78 is 14.6. The van der Waals surface area contributed by atoms with Gasteiger partial charge >= 0.3 is 11.9 Å². The van der Waals surface area contributed by atoms with Gasteiger partial charge in [-0.3, -0.25) is 9.59 Å². The fourth-order valence-corrected chi connectivity index (χ4v) is 1.62. The van der Waals surface area contributed by atoms with Gasteiger partial charge in [0.1, 0.15) is 0 Å². The molecule has 0 aromatic heterocycles. The molecule has 86 valence electrons. The van der Waals surface area contributed by atoms with E-state index in [4.69, 9.17) is 4.74 Å². The molecule has 0 saturated carbocycles. The highest BCUT2D eigenvalue weighted by Crippen LogP contribution is 2.24. The molecule has 1 fully saturated rings. The number of carbonyl (C=O) groups excluding carboxylic acids is 2. The lowest BCUT2D eigenvalue weighted by atomic mass is 10.1. The molecule has 5 nitrogen and oxygen atoms in total. The van der Waals surface area contributed by atoms with Gasteiger partial charge in [-0.15, -0.1) is 0 Å². The molecule has 0 N–H and O–H groups in total. The quantitative estimate of drug-likeness (QED) is 0.646. The molecule has 0 aliphatic carbocycles. The Labute approximate surface area is 88.7 Å². The zero-order valence-corrected chi connectivity index (χ0v) is 9.02. The zero-order chi connectivity index (χ0) is 11.3. The van der Waals surface area contributed by atoms with Crippen molar-refractivity contribution < 1.29 is 23.8 Å². The third-order valence-corrected chi connectivity index (χ3v) is 2.44. The van der Waals surface area contributed by atoms with E-state index in [1.807, 2.05) is 0 Å². The van der Waals surface area contributed by atoms with Crippen molar-refractivity contribution in [3.63, 3.8) is 0 Å². The topological polar surface area (TPSA) is 61.8 Å². The second-order valence-electron chi connectivity index (χ2n) is 3.52. The van der Waals surface area contributed by atoms with Gasteiger partial charge in [0.05, 0.1) is 39.3 Å². The summed E-state index contributed by atoms with van der Waals surface area (Å²) >= 11 is 0. The SMILES string of the molecule is COC(=O)C[C@H]1CC[C@@H](CC(=O)OC)O1. The van der Waals surface area contributed by atoms with Gasteiger partial charge in [-0.1, -0.05) is 0 Å². The summed E-state index contributed by atoms with van der Waals surface area (Å²) in [4.78, 5) is 21.9. The molecule has 0 radical (unpaired) electrons. The Morgan fingerprint density at radius 2 is 1.47 bits per heavy atom. The van der Waals surface area contributed by atoms with E-state index in [1.54, 1.807) is 0 Å². The first-order valence-corrected chi connectivity index (χ1v) is 4.94. The number of hydrogen-bond acceptors (Lipinski definition) is 5. The molecule has 0 amide bonds. The number of esters is 2. The molecule has 0 aromatic carbocycles.